The molecule has 0 saturated carbocycles. The van der Waals surface area contributed by atoms with E-state index in [0.29, 0.717) is 5.82 Å². The molecule has 0 aliphatic heterocycles. The lowest BCUT2D eigenvalue weighted by Gasteiger charge is -2.03. The summed E-state index contributed by atoms with van der Waals surface area (Å²) in [7, 11) is 1.75. The first-order valence-electron chi connectivity index (χ1n) is 4.75. The molecule has 0 radical (unpaired) electrons. The van der Waals surface area contributed by atoms with Crippen molar-refractivity contribution in [1.29, 1.82) is 0 Å². The molecule has 1 heterocycles. The van der Waals surface area contributed by atoms with Crippen molar-refractivity contribution in [3.63, 3.8) is 0 Å². The molecule has 84 valence electrons. The lowest BCUT2D eigenvalue weighted by molar-refractivity contribution is 0.0696. The van der Waals surface area contributed by atoms with Crippen molar-refractivity contribution in [2.75, 3.05) is 7.05 Å². The van der Waals surface area contributed by atoms with Crippen molar-refractivity contribution in [2.45, 2.75) is 6.92 Å². The van der Waals surface area contributed by atoms with Crippen LogP contribution in [0.4, 0.5) is 0 Å². The number of carboxylic acids is 1. The van der Waals surface area contributed by atoms with E-state index in [-0.39, 0.29) is 5.56 Å². The van der Waals surface area contributed by atoms with Crippen LogP contribution in [-0.2, 0) is 0 Å². The van der Waals surface area contributed by atoms with E-state index < -0.39 is 5.97 Å². The quantitative estimate of drug-likeness (QED) is 0.747. The van der Waals surface area contributed by atoms with Crippen LogP contribution in [0.15, 0.2) is 30.6 Å². The number of rotatable bonds is 4. The molecule has 16 heavy (non-hydrogen) atoms. The van der Waals surface area contributed by atoms with Gasteiger partial charge in [-0.2, -0.15) is 0 Å². The Morgan fingerprint density at radius 1 is 1.44 bits per heavy atom. The number of aromatic nitrogens is 2. The van der Waals surface area contributed by atoms with E-state index in [2.05, 4.69) is 15.3 Å². The topological polar surface area (TPSA) is 75.1 Å². The summed E-state index contributed by atoms with van der Waals surface area (Å²) in [6, 6.07) is 0. The summed E-state index contributed by atoms with van der Waals surface area (Å²) in [6.07, 6.45) is 8.11. The Balaban J connectivity index is 2.99. The normalized spacial score (nSPS) is 11.8. The molecule has 5 nitrogen and oxygen atoms in total. The predicted octanol–water partition coefficient (Wildman–Crippen LogP) is 1.31. The Bertz CT molecular complexity index is 421. The molecule has 0 aliphatic carbocycles. The van der Waals surface area contributed by atoms with Crippen LogP contribution in [-0.4, -0.2) is 28.1 Å². The molecule has 0 unspecified atom stereocenters. The van der Waals surface area contributed by atoms with Crippen LogP contribution in [0.2, 0.25) is 0 Å². The van der Waals surface area contributed by atoms with Crippen LogP contribution in [0.5, 0.6) is 0 Å². The second-order valence-corrected chi connectivity index (χ2v) is 2.96. The molecule has 2 N–H and O–H groups in total. The second kappa shape index (κ2) is 5.65. The van der Waals surface area contributed by atoms with E-state index in [4.69, 9.17) is 5.11 Å². The Morgan fingerprint density at radius 2 is 2.06 bits per heavy atom. The van der Waals surface area contributed by atoms with Gasteiger partial charge in [-0.05, 0) is 13.0 Å². The molecule has 0 fully saturated rings. The third-order valence-corrected chi connectivity index (χ3v) is 1.86. The smallest absolute Gasteiger partial charge is 0.338 e. The number of aromatic carboxylic acids is 1. The number of nitrogens with zero attached hydrogens (tertiary/aromatic N) is 2. The van der Waals surface area contributed by atoms with Gasteiger partial charge in [-0.15, -0.1) is 0 Å². The summed E-state index contributed by atoms with van der Waals surface area (Å²) in [6.45, 7) is 1.90. The summed E-state index contributed by atoms with van der Waals surface area (Å²) < 4.78 is 0. The van der Waals surface area contributed by atoms with Crippen LogP contribution >= 0.6 is 0 Å². The first kappa shape index (κ1) is 11.9. The summed E-state index contributed by atoms with van der Waals surface area (Å²) in [5, 5.41) is 11.6. The van der Waals surface area contributed by atoms with Gasteiger partial charge in [0.05, 0.1) is 11.3 Å². The maximum absolute atomic E-state index is 10.6. The maximum Gasteiger partial charge on any atom is 0.338 e. The standard InChI is InChI=1S/C11H13N3O2/c1-3-4-5-9(12-2)10-13-6-8(7-14-10)11(15)16/h3-7,12H,1-2H3,(H,15,16)/b4-3-,9-5-. The molecular weight excluding hydrogens is 206 g/mol. The van der Waals surface area contributed by atoms with E-state index >= 15 is 0 Å². The molecule has 0 aliphatic rings. The highest BCUT2D eigenvalue weighted by molar-refractivity contribution is 5.86. The lowest BCUT2D eigenvalue weighted by atomic mass is 10.3. The largest absolute Gasteiger partial charge is 0.478 e. The average molecular weight is 219 g/mol. The molecule has 0 atom stereocenters. The molecule has 0 aromatic carbocycles. The van der Waals surface area contributed by atoms with Crippen molar-refractivity contribution in [3.8, 4) is 0 Å². The van der Waals surface area contributed by atoms with Gasteiger partial charge in [-0.1, -0.05) is 12.2 Å². The number of carboxylic acid groups (broad SMARTS) is 1. The van der Waals surface area contributed by atoms with E-state index in [1.807, 2.05) is 25.2 Å². The fraction of sp³-hybridized carbons (Fsp3) is 0.182. The van der Waals surface area contributed by atoms with Gasteiger partial charge in [0.2, 0.25) is 0 Å². The Labute approximate surface area is 93.6 Å². The first-order valence-corrected chi connectivity index (χ1v) is 4.75. The molecule has 0 saturated heterocycles. The van der Waals surface area contributed by atoms with Gasteiger partial charge in [-0.3, -0.25) is 0 Å². The molecule has 0 bridgehead atoms. The lowest BCUT2D eigenvalue weighted by Crippen LogP contribution is -2.09. The Morgan fingerprint density at radius 3 is 2.50 bits per heavy atom. The minimum Gasteiger partial charge on any atom is -0.478 e. The number of hydrogen-bond donors (Lipinski definition) is 2. The number of carbonyl (C=O) groups is 1. The highest BCUT2D eigenvalue weighted by atomic mass is 16.4. The highest BCUT2D eigenvalue weighted by Crippen LogP contribution is 2.05. The molecule has 1 aromatic rings. The van der Waals surface area contributed by atoms with E-state index in [1.54, 1.807) is 7.05 Å². The molecule has 1 aromatic heterocycles. The molecule has 0 spiro atoms. The maximum atomic E-state index is 10.6. The third kappa shape index (κ3) is 2.91. The molecule has 0 amide bonds. The number of nitrogens with one attached hydrogen (secondary N) is 1. The zero-order chi connectivity index (χ0) is 12.0. The summed E-state index contributed by atoms with van der Waals surface area (Å²) in [5.41, 5.74) is 0.806. The minimum absolute atomic E-state index is 0.0743. The predicted molar refractivity (Wildman–Crippen MR) is 60.8 cm³/mol. The minimum atomic E-state index is -1.03. The van der Waals surface area contributed by atoms with Crippen LogP contribution in [0.25, 0.3) is 5.70 Å². The average Bonchev–Trinajstić information content (AvgIpc) is 2.30. The van der Waals surface area contributed by atoms with Gasteiger partial charge in [0.15, 0.2) is 5.82 Å². The van der Waals surface area contributed by atoms with Gasteiger partial charge in [0.25, 0.3) is 0 Å². The summed E-state index contributed by atoms with van der Waals surface area (Å²) in [5.74, 6) is -0.569. The first-order chi connectivity index (χ1) is 7.69. The highest BCUT2D eigenvalue weighted by Gasteiger charge is 2.06. The van der Waals surface area contributed by atoms with E-state index in [9.17, 15) is 4.79 Å². The zero-order valence-corrected chi connectivity index (χ0v) is 9.14. The van der Waals surface area contributed by atoms with Gasteiger partial charge in [0, 0.05) is 19.4 Å². The Kier molecular flexibility index (Phi) is 4.20. The van der Waals surface area contributed by atoms with Crippen molar-refractivity contribution in [1.82, 2.24) is 15.3 Å². The zero-order valence-electron chi connectivity index (χ0n) is 9.14. The van der Waals surface area contributed by atoms with Crippen molar-refractivity contribution >= 4 is 11.7 Å². The van der Waals surface area contributed by atoms with E-state index in [0.717, 1.165) is 5.70 Å². The Hall–Kier alpha value is -2.17. The van der Waals surface area contributed by atoms with Gasteiger partial charge >= 0.3 is 5.97 Å². The van der Waals surface area contributed by atoms with Crippen LogP contribution in [0.1, 0.15) is 23.1 Å². The van der Waals surface area contributed by atoms with E-state index in [1.165, 1.54) is 12.4 Å². The van der Waals surface area contributed by atoms with Crippen LogP contribution in [0.3, 0.4) is 0 Å². The van der Waals surface area contributed by atoms with Crippen LogP contribution < -0.4 is 5.32 Å². The van der Waals surface area contributed by atoms with Gasteiger partial charge in [0.1, 0.15) is 0 Å². The molecule has 5 heteroatoms. The van der Waals surface area contributed by atoms with Gasteiger partial charge < -0.3 is 10.4 Å². The van der Waals surface area contributed by atoms with Crippen molar-refractivity contribution in [2.24, 2.45) is 0 Å². The second-order valence-electron chi connectivity index (χ2n) is 2.96. The third-order valence-electron chi connectivity index (χ3n) is 1.86. The SMILES string of the molecule is C/C=C\C=C(/NC)c1ncc(C(=O)O)cn1. The van der Waals surface area contributed by atoms with Crippen molar-refractivity contribution < 1.29 is 9.90 Å². The van der Waals surface area contributed by atoms with Crippen molar-refractivity contribution in [3.05, 3.63) is 42.0 Å². The summed E-state index contributed by atoms with van der Waals surface area (Å²) in [4.78, 5) is 18.5. The molecular formula is C11H13N3O2. The van der Waals surface area contributed by atoms with Gasteiger partial charge in [-0.25, -0.2) is 14.8 Å². The fourth-order valence-electron chi connectivity index (χ4n) is 1.04. The monoisotopic (exact) mass is 219 g/mol. The van der Waals surface area contributed by atoms with Crippen LogP contribution in [0, 0.1) is 0 Å². The number of hydrogen-bond acceptors (Lipinski definition) is 4. The summed E-state index contributed by atoms with van der Waals surface area (Å²) >= 11 is 0. The molecule has 1 rings (SSSR count). The number of allylic oxidation sites excluding steroid dienone is 3. The fourth-order valence-corrected chi connectivity index (χ4v) is 1.04.